The molecular formula is C33H30F5N5O6S. The number of carboxylic acid groups (broad SMARTS) is 1. The molecule has 1 aliphatic carbocycles. The van der Waals surface area contributed by atoms with Gasteiger partial charge in [-0.15, -0.1) is 0 Å². The second-order valence-corrected chi connectivity index (χ2v) is 14.0. The van der Waals surface area contributed by atoms with Crippen molar-refractivity contribution in [2.75, 3.05) is 23.4 Å². The Kier molecular flexibility index (Phi) is 9.99. The average Bonchev–Trinajstić information content (AvgIpc) is 3.91. The number of carbonyl (C=O) groups is 3. The van der Waals surface area contributed by atoms with Crippen molar-refractivity contribution >= 4 is 55.6 Å². The van der Waals surface area contributed by atoms with Crippen molar-refractivity contribution in [1.82, 2.24) is 9.88 Å². The number of sulfone groups is 1. The first-order valence-electron chi connectivity index (χ1n) is 15.1. The Bertz CT molecular complexity index is 2110. The fraction of sp³-hybridized carbons (Fsp3) is 0.273. The van der Waals surface area contributed by atoms with Crippen LogP contribution in [0.15, 0.2) is 65.7 Å². The molecule has 50 heavy (non-hydrogen) atoms. The number of carboxylic acids is 1. The SMILES string of the molecule is CN1Cc2cc(ccc2S(=O)(=O)C2CC2)NC(=O)CCc2cc(ccc2F)[C@@H](Nc2ccc3c(N)ncc(F)c3c2)C1=O.O=C(O)C(F)(F)F. The van der Waals surface area contributed by atoms with Crippen LogP contribution in [0.5, 0.6) is 0 Å². The number of fused-ring (bicyclic) bond motifs is 5. The Balaban J connectivity index is 0.000000630. The van der Waals surface area contributed by atoms with E-state index in [0.717, 1.165) is 6.20 Å². The number of pyridine rings is 1. The van der Waals surface area contributed by atoms with Gasteiger partial charge in [-0.3, -0.25) is 9.59 Å². The number of amides is 2. The van der Waals surface area contributed by atoms with E-state index < -0.39 is 50.8 Å². The van der Waals surface area contributed by atoms with Crippen molar-refractivity contribution in [3.8, 4) is 0 Å². The number of nitrogens with two attached hydrogens (primary N) is 1. The zero-order chi connectivity index (χ0) is 36.5. The van der Waals surface area contributed by atoms with Gasteiger partial charge < -0.3 is 26.4 Å². The molecule has 1 aliphatic heterocycles. The lowest BCUT2D eigenvalue weighted by atomic mass is 9.98. The van der Waals surface area contributed by atoms with Gasteiger partial charge in [0, 0.05) is 42.2 Å². The third-order valence-corrected chi connectivity index (χ3v) is 10.5. The van der Waals surface area contributed by atoms with Crippen molar-refractivity contribution in [1.29, 1.82) is 0 Å². The molecule has 4 bridgehead atoms. The number of benzene rings is 3. The number of halogens is 5. The van der Waals surface area contributed by atoms with Gasteiger partial charge in [0.15, 0.2) is 9.84 Å². The minimum Gasteiger partial charge on any atom is -0.475 e. The fourth-order valence-electron chi connectivity index (χ4n) is 5.38. The van der Waals surface area contributed by atoms with Gasteiger partial charge >= 0.3 is 12.1 Å². The number of alkyl halides is 3. The summed E-state index contributed by atoms with van der Waals surface area (Å²) in [6, 6.07) is 12.5. The highest BCUT2D eigenvalue weighted by Gasteiger charge is 2.39. The molecule has 17 heteroatoms. The molecule has 11 nitrogen and oxygen atoms in total. The number of carbonyl (C=O) groups excluding carboxylic acids is 2. The quantitative estimate of drug-likeness (QED) is 0.203. The van der Waals surface area contributed by atoms with E-state index in [2.05, 4.69) is 15.6 Å². The summed E-state index contributed by atoms with van der Waals surface area (Å²) in [6.45, 7) is -0.0788. The van der Waals surface area contributed by atoms with Gasteiger partial charge in [-0.2, -0.15) is 13.2 Å². The maximum atomic E-state index is 14.8. The van der Waals surface area contributed by atoms with Gasteiger partial charge in [0.25, 0.3) is 0 Å². The van der Waals surface area contributed by atoms with Crippen LogP contribution in [0.25, 0.3) is 10.8 Å². The number of nitrogens with zero attached hydrogens (tertiary/aromatic N) is 2. The molecule has 264 valence electrons. The number of rotatable bonds is 4. The standard InChI is InChI=1S/C31H29F2N5O4S.C2HF3O2/c1-38-16-19-13-20(5-10-27(19)43(41,42)22-6-7-22)36-28(39)11-3-17-12-18(2-9-25(17)32)29(31(38)40)37-21-4-8-23-24(14-21)26(33)15-35-30(23)34;3-2(4,5)1(6)7/h2,4-5,8-10,12-15,22,29,37H,3,6-7,11,16H2,1H3,(H2,34,35)(H,36,39);(H,6,7)/t29-;/m1./s1. The van der Waals surface area contributed by atoms with E-state index in [1.807, 2.05) is 0 Å². The van der Waals surface area contributed by atoms with E-state index in [4.69, 9.17) is 15.6 Å². The monoisotopic (exact) mass is 719 g/mol. The lowest BCUT2D eigenvalue weighted by Crippen LogP contribution is -2.35. The van der Waals surface area contributed by atoms with E-state index in [1.165, 1.54) is 41.3 Å². The topological polar surface area (TPSA) is 172 Å². The van der Waals surface area contributed by atoms with E-state index in [9.17, 15) is 40.0 Å². The molecule has 1 saturated carbocycles. The number of aliphatic carboxylic acids is 1. The minimum absolute atomic E-state index is 0.0385. The number of anilines is 3. The normalized spacial score (nSPS) is 16.9. The summed E-state index contributed by atoms with van der Waals surface area (Å²) >= 11 is 0. The van der Waals surface area contributed by atoms with Crippen molar-refractivity contribution in [2.24, 2.45) is 0 Å². The molecule has 1 fully saturated rings. The highest BCUT2D eigenvalue weighted by Crippen LogP contribution is 2.37. The molecule has 0 spiro atoms. The van der Waals surface area contributed by atoms with Gasteiger partial charge in [-0.05, 0) is 78.4 Å². The van der Waals surface area contributed by atoms with Gasteiger partial charge in [-0.25, -0.2) is 27.0 Å². The first-order chi connectivity index (χ1) is 23.4. The van der Waals surface area contributed by atoms with E-state index >= 15 is 0 Å². The molecule has 1 atom stereocenters. The van der Waals surface area contributed by atoms with E-state index in [0.29, 0.717) is 40.7 Å². The van der Waals surface area contributed by atoms with Crippen molar-refractivity contribution in [2.45, 2.75) is 54.6 Å². The summed E-state index contributed by atoms with van der Waals surface area (Å²) in [5.74, 6) is -4.51. The number of hydrogen-bond donors (Lipinski definition) is 4. The Morgan fingerprint density at radius 2 is 1.68 bits per heavy atom. The zero-order valence-corrected chi connectivity index (χ0v) is 27.0. The van der Waals surface area contributed by atoms with Crippen LogP contribution in [0.1, 0.15) is 42.0 Å². The van der Waals surface area contributed by atoms with Crippen LogP contribution in [0.2, 0.25) is 0 Å². The maximum absolute atomic E-state index is 14.8. The molecular weight excluding hydrogens is 689 g/mol. The van der Waals surface area contributed by atoms with E-state index in [1.54, 1.807) is 25.2 Å². The highest BCUT2D eigenvalue weighted by molar-refractivity contribution is 7.92. The van der Waals surface area contributed by atoms with Crippen LogP contribution in [-0.2, 0) is 37.2 Å². The lowest BCUT2D eigenvalue weighted by Gasteiger charge is -2.27. The maximum Gasteiger partial charge on any atom is 0.490 e. The van der Waals surface area contributed by atoms with Crippen LogP contribution >= 0.6 is 0 Å². The number of aromatic nitrogens is 1. The first-order valence-corrected chi connectivity index (χ1v) is 16.6. The molecule has 2 aliphatic rings. The summed E-state index contributed by atoms with van der Waals surface area (Å²) in [6.07, 6.45) is -2.89. The molecule has 4 aromatic rings. The molecule has 0 radical (unpaired) electrons. The zero-order valence-electron chi connectivity index (χ0n) is 26.2. The number of nitrogens with one attached hydrogen (secondary N) is 2. The fourth-order valence-corrected chi connectivity index (χ4v) is 7.24. The van der Waals surface area contributed by atoms with Crippen LogP contribution in [0, 0.1) is 11.6 Å². The van der Waals surface area contributed by atoms with Gasteiger partial charge in [0.05, 0.1) is 16.3 Å². The number of hydrogen-bond acceptors (Lipinski definition) is 8. The Labute approximate surface area is 282 Å². The number of aryl methyl sites for hydroxylation is 1. The first kappa shape index (κ1) is 36.0. The lowest BCUT2D eigenvalue weighted by molar-refractivity contribution is -0.192. The predicted octanol–water partition coefficient (Wildman–Crippen LogP) is 5.36. The summed E-state index contributed by atoms with van der Waals surface area (Å²) in [7, 11) is -2.08. The van der Waals surface area contributed by atoms with Crippen LogP contribution in [-0.4, -0.2) is 59.7 Å². The minimum atomic E-state index is -5.08. The van der Waals surface area contributed by atoms with Crippen molar-refractivity contribution in [3.63, 3.8) is 0 Å². The second kappa shape index (κ2) is 13.9. The van der Waals surface area contributed by atoms with Crippen LogP contribution in [0.3, 0.4) is 0 Å². The number of nitrogen functional groups attached to an aromatic ring is 1. The third kappa shape index (κ3) is 7.93. The van der Waals surface area contributed by atoms with Gasteiger partial charge in [0.2, 0.25) is 11.8 Å². The molecule has 5 N–H and O–H groups in total. The average molecular weight is 720 g/mol. The summed E-state index contributed by atoms with van der Waals surface area (Å²) < 4.78 is 87.7. The highest BCUT2D eigenvalue weighted by atomic mass is 32.2. The van der Waals surface area contributed by atoms with Gasteiger partial charge in [0.1, 0.15) is 23.5 Å². The van der Waals surface area contributed by atoms with Crippen LogP contribution < -0.4 is 16.4 Å². The third-order valence-electron chi connectivity index (χ3n) is 8.09. The Morgan fingerprint density at radius 1 is 0.980 bits per heavy atom. The molecule has 2 heterocycles. The van der Waals surface area contributed by atoms with Crippen molar-refractivity contribution in [3.05, 3.63) is 89.1 Å². The number of likely N-dealkylation sites (N-methyl/N-ethyl adjacent to an activating group) is 1. The molecule has 2 amide bonds. The van der Waals surface area contributed by atoms with Gasteiger partial charge in [-0.1, -0.05) is 12.1 Å². The summed E-state index contributed by atoms with van der Waals surface area (Å²) in [5.41, 5.74) is 7.72. The molecule has 6 rings (SSSR count). The molecule has 0 unspecified atom stereocenters. The molecule has 0 saturated heterocycles. The van der Waals surface area contributed by atoms with E-state index in [-0.39, 0.29) is 47.0 Å². The van der Waals surface area contributed by atoms with Crippen LogP contribution in [0.4, 0.5) is 39.1 Å². The Morgan fingerprint density at radius 3 is 2.34 bits per heavy atom. The predicted molar refractivity (Wildman–Crippen MR) is 173 cm³/mol. The smallest absolute Gasteiger partial charge is 0.475 e. The largest absolute Gasteiger partial charge is 0.490 e. The molecule has 1 aromatic heterocycles. The summed E-state index contributed by atoms with van der Waals surface area (Å²) in [5, 5.41) is 13.2. The summed E-state index contributed by atoms with van der Waals surface area (Å²) in [4.78, 5) is 41.1. The molecule has 3 aromatic carbocycles. The second-order valence-electron chi connectivity index (χ2n) is 11.8. The Hall–Kier alpha value is -5.32. The van der Waals surface area contributed by atoms with Crippen molar-refractivity contribution < 1.29 is 49.9 Å².